The molecule has 9 heteroatoms. The maximum Gasteiger partial charge on any atom is 0.217 e. The van der Waals surface area contributed by atoms with Gasteiger partial charge < -0.3 is 9.72 Å². The molecule has 0 aliphatic heterocycles. The molecule has 1 aromatic heterocycles. The topological polar surface area (TPSA) is 75.3 Å². The van der Waals surface area contributed by atoms with Crippen LogP contribution in [0, 0.1) is 5.82 Å². The molecule has 0 aliphatic carbocycles. The standard InChI is InChI=1S/C17H17ClFN3O3S/c1-22(11-17-20-15-7-2-12(18)10-16(15)21-17)26(23,24)9-8-25-14-5-3-13(19)4-6-14/h2-7,10H,8-9,11H2,1H3,(H,20,21). The molecule has 26 heavy (non-hydrogen) atoms. The van der Waals surface area contributed by atoms with E-state index in [0.29, 0.717) is 16.6 Å². The van der Waals surface area contributed by atoms with Crippen molar-refractivity contribution >= 4 is 32.7 Å². The maximum absolute atomic E-state index is 12.8. The van der Waals surface area contributed by atoms with E-state index in [0.717, 1.165) is 11.0 Å². The second kappa shape index (κ2) is 7.61. The molecular weight excluding hydrogens is 381 g/mol. The Kier molecular flexibility index (Phi) is 5.45. The van der Waals surface area contributed by atoms with E-state index in [1.165, 1.54) is 35.6 Å². The zero-order chi connectivity index (χ0) is 18.7. The van der Waals surface area contributed by atoms with Crippen LogP contribution in [0.1, 0.15) is 5.82 Å². The summed E-state index contributed by atoms with van der Waals surface area (Å²) in [4.78, 5) is 7.41. The minimum Gasteiger partial charge on any atom is -0.492 e. The van der Waals surface area contributed by atoms with Crippen molar-refractivity contribution in [2.75, 3.05) is 19.4 Å². The number of H-pyrrole nitrogens is 1. The zero-order valence-corrected chi connectivity index (χ0v) is 15.5. The van der Waals surface area contributed by atoms with Crippen LogP contribution in [0.2, 0.25) is 5.02 Å². The molecule has 0 saturated heterocycles. The number of sulfonamides is 1. The summed E-state index contributed by atoms with van der Waals surface area (Å²) < 4.78 is 44.1. The fourth-order valence-electron chi connectivity index (χ4n) is 2.37. The van der Waals surface area contributed by atoms with E-state index in [1.807, 2.05) is 0 Å². The Morgan fingerprint density at radius 1 is 1.23 bits per heavy atom. The van der Waals surface area contributed by atoms with E-state index in [1.54, 1.807) is 18.2 Å². The predicted octanol–water partition coefficient (Wildman–Crippen LogP) is 3.20. The van der Waals surface area contributed by atoms with Crippen molar-refractivity contribution in [1.82, 2.24) is 14.3 Å². The van der Waals surface area contributed by atoms with Crippen molar-refractivity contribution in [2.45, 2.75) is 6.54 Å². The molecule has 0 aliphatic rings. The lowest BCUT2D eigenvalue weighted by Gasteiger charge is -2.16. The predicted molar refractivity (Wildman–Crippen MR) is 98.3 cm³/mol. The molecule has 0 fully saturated rings. The number of ether oxygens (including phenoxy) is 1. The molecule has 138 valence electrons. The van der Waals surface area contributed by atoms with Crippen molar-refractivity contribution in [1.29, 1.82) is 0 Å². The minimum atomic E-state index is -3.53. The summed E-state index contributed by atoms with van der Waals surface area (Å²) in [5, 5.41) is 0.576. The lowest BCUT2D eigenvalue weighted by molar-refractivity contribution is 0.335. The van der Waals surface area contributed by atoms with Gasteiger partial charge >= 0.3 is 0 Å². The molecule has 0 spiro atoms. The number of halogens is 2. The van der Waals surface area contributed by atoms with Gasteiger partial charge in [-0.3, -0.25) is 0 Å². The van der Waals surface area contributed by atoms with Gasteiger partial charge in [0.25, 0.3) is 0 Å². The molecule has 0 unspecified atom stereocenters. The summed E-state index contributed by atoms with van der Waals surface area (Å²) in [6, 6.07) is 10.6. The highest BCUT2D eigenvalue weighted by Crippen LogP contribution is 2.18. The van der Waals surface area contributed by atoms with Gasteiger partial charge in [0, 0.05) is 12.1 Å². The highest BCUT2D eigenvalue weighted by molar-refractivity contribution is 7.89. The number of imidazole rings is 1. The summed E-state index contributed by atoms with van der Waals surface area (Å²) in [7, 11) is -2.05. The van der Waals surface area contributed by atoms with Crippen molar-refractivity contribution < 1.29 is 17.5 Å². The summed E-state index contributed by atoms with van der Waals surface area (Å²) in [6.07, 6.45) is 0. The molecule has 0 bridgehead atoms. The second-order valence-electron chi connectivity index (χ2n) is 5.72. The number of nitrogens with zero attached hydrogens (tertiary/aromatic N) is 2. The highest BCUT2D eigenvalue weighted by Gasteiger charge is 2.19. The largest absolute Gasteiger partial charge is 0.492 e. The average Bonchev–Trinajstić information content (AvgIpc) is 2.98. The van der Waals surface area contributed by atoms with E-state index in [9.17, 15) is 12.8 Å². The number of benzene rings is 2. The molecule has 3 rings (SSSR count). The van der Waals surface area contributed by atoms with Crippen LogP contribution in [0.4, 0.5) is 4.39 Å². The Bertz CT molecular complexity index is 1010. The van der Waals surface area contributed by atoms with Crippen molar-refractivity contribution in [3.8, 4) is 5.75 Å². The number of aromatic nitrogens is 2. The quantitative estimate of drug-likeness (QED) is 0.664. The molecular formula is C17H17ClFN3O3S. The molecule has 6 nitrogen and oxygen atoms in total. The van der Waals surface area contributed by atoms with E-state index in [4.69, 9.17) is 16.3 Å². The van der Waals surface area contributed by atoms with Crippen LogP contribution in [0.5, 0.6) is 5.75 Å². The molecule has 2 aromatic carbocycles. The molecule has 3 aromatic rings. The van der Waals surface area contributed by atoms with E-state index in [-0.39, 0.29) is 24.7 Å². The number of fused-ring (bicyclic) bond motifs is 1. The van der Waals surface area contributed by atoms with Gasteiger partial charge in [-0.05, 0) is 42.5 Å². The third-order valence-corrected chi connectivity index (χ3v) is 5.76. The number of hydrogen-bond donors (Lipinski definition) is 1. The van der Waals surface area contributed by atoms with E-state index < -0.39 is 10.0 Å². The molecule has 0 saturated carbocycles. The second-order valence-corrected chi connectivity index (χ2v) is 8.35. The van der Waals surface area contributed by atoms with Crippen LogP contribution >= 0.6 is 11.6 Å². The van der Waals surface area contributed by atoms with Gasteiger partial charge in [-0.1, -0.05) is 11.6 Å². The first-order chi connectivity index (χ1) is 12.3. The van der Waals surface area contributed by atoms with Crippen LogP contribution < -0.4 is 4.74 Å². The molecule has 1 N–H and O–H groups in total. The Balaban J connectivity index is 1.59. The fraction of sp³-hybridized carbons (Fsp3) is 0.235. The highest BCUT2D eigenvalue weighted by atomic mass is 35.5. The SMILES string of the molecule is CN(Cc1nc2ccc(Cl)cc2[nH]1)S(=O)(=O)CCOc1ccc(F)cc1. The van der Waals surface area contributed by atoms with Gasteiger partial charge in [-0.25, -0.2) is 17.8 Å². The number of nitrogens with one attached hydrogen (secondary N) is 1. The average molecular weight is 398 g/mol. The van der Waals surface area contributed by atoms with Gasteiger partial charge in [0.2, 0.25) is 10.0 Å². The number of hydrogen-bond acceptors (Lipinski definition) is 4. The van der Waals surface area contributed by atoms with E-state index in [2.05, 4.69) is 9.97 Å². The van der Waals surface area contributed by atoms with Crippen LogP contribution in [0.3, 0.4) is 0 Å². The first-order valence-electron chi connectivity index (χ1n) is 7.80. The Morgan fingerprint density at radius 3 is 2.69 bits per heavy atom. The molecule has 0 amide bonds. The van der Waals surface area contributed by atoms with Gasteiger partial charge in [-0.2, -0.15) is 4.31 Å². The van der Waals surface area contributed by atoms with Gasteiger partial charge in [-0.15, -0.1) is 0 Å². The van der Waals surface area contributed by atoms with Gasteiger partial charge in [0.05, 0.1) is 23.3 Å². The number of rotatable bonds is 7. The molecule has 0 atom stereocenters. The smallest absolute Gasteiger partial charge is 0.217 e. The summed E-state index contributed by atoms with van der Waals surface area (Å²) in [5.41, 5.74) is 1.47. The van der Waals surface area contributed by atoms with Gasteiger partial charge in [0.15, 0.2) is 0 Å². The van der Waals surface area contributed by atoms with Crippen LogP contribution in [-0.4, -0.2) is 42.1 Å². The zero-order valence-electron chi connectivity index (χ0n) is 13.9. The Hall–Kier alpha value is -2.16. The normalized spacial score (nSPS) is 12.0. The summed E-state index contributed by atoms with van der Waals surface area (Å²) in [6.45, 7) is 0.0687. The van der Waals surface area contributed by atoms with Crippen molar-refractivity contribution in [2.24, 2.45) is 0 Å². The Labute approximate surface area is 155 Å². The summed E-state index contributed by atoms with van der Waals surface area (Å²) in [5.74, 6) is 0.357. The fourth-order valence-corrected chi connectivity index (χ4v) is 3.47. The molecule has 1 heterocycles. The van der Waals surface area contributed by atoms with Crippen LogP contribution in [-0.2, 0) is 16.6 Å². The minimum absolute atomic E-state index is 0.0337. The maximum atomic E-state index is 12.8. The van der Waals surface area contributed by atoms with Crippen molar-refractivity contribution in [3.63, 3.8) is 0 Å². The van der Waals surface area contributed by atoms with Crippen molar-refractivity contribution in [3.05, 3.63) is 59.1 Å². The van der Waals surface area contributed by atoms with Crippen LogP contribution in [0.15, 0.2) is 42.5 Å². The van der Waals surface area contributed by atoms with Gasteiger partial charge in [0.1, 0.15) is 24.0 Å². The number of aromatic amines is 1. The monoisotopic (exact) mass is 397 g/mol. The third kappa shape index (κ3) is 4.51. The lowest BCUT2D eigenvalue weighted by atomic mass is 10.3. The van der Waals surface area contributed by atoms with E-state index >= 15 is 0 Å². The Morgan fingerprint density at radius 2 is 1.96 bits per heavy atom. The summed E-state index contributed by atoms with van der Waals surface area (Å²) >= 11 is 5.93. The first kappa shape index (κ1) is 18.6. The first-order valence-corrected chi connectivity index (χ1v) is 9.79. The lowest BCUT2D eigenvalue weighted by Crippen LogP contribution is -2.31. The van der Waals surface area contributed by atoms with Crippen LogP contribution in [0.25, 0.3) is 11.0 Å². The molecule has 0 radical (unpaired) electrons. The third-order valence-electron chi connectivity index (χ3n) is 3.76.